The summed E-state index contributed by atoms with van der Waals surface area (Å²) >= 11 is 0. The van der Waals surface area contributed by atoms with Crippen LogP contribution >= 0.6 is 0 Å². The van der Waals surface area contributed by atoms with Gasteiger partial charge < -0.3 is 4.74 Å². The lowest BCUT2D eigenvalue weighted by atomic mass is 10.1. The molecule has 0 bridgehead atoms. The maximum atomic E-state index is 14.0. The van der Waals surface area contributed by atoms with Crippen molar-refractivity contribution in [1.29, 1.82) is 0 Å². The third-order valence-electron chi connectivity index (χ3n) is 3.49. The number of carbonyl (C=O) groups excluding carboxylic acids is 1. The number of nitrogens with zero attached hydrogens (tertiary/aromatic N) is 3. The average molecular weight is 341 g/mol. The number of hydrogen-bond donors (Lipinski definition) is 0. The van der Waals surface area contributed by atoms with Crippen LogP contribution in [-0.2, 0) is 0 Å². The van der Waals surface area contributed by atoms with Crippen LogP contribution in [-0.4, -0.2) is 27.7 Å². The second kappa shape index (κ2) is 7.04. The summed E-state index contributed by atoms with van der Waals surface area (Å²) in [6, 6.07) is 9.74. The summed E-state index contributed by atoms with van der Waals surface area (Å²) in [6.45, 7) is 0. The molecule has 0 radical (unpaired) electrons. The van der Waals surface area contributed by atoms with Gasteiger partial charge in [-0.2, -0.15) is 5.10 Å². The number of methoxy groups -OCH3 is 1. The fraction of sp³-hybridized carbons (Fsp3) is 0.0556. The molecule has 0 saturated carbocycles. The number of halogens is 2. The van der Waals surface area contributed by atoms with E-state index >= 15 is 0 Å². The molecule has 3 aromatic rings. The van der Waals surface area contributed by atoms with Crippen LogP contribution in [0.15, 0.2) is 55.1 Å². The van der Waals surface area contributed by atoms with Gasteiger partial charge in [-0.05, 0) is 35.9 Å². The molecule has 0 amide bonds. The van der Waals surface area contributed by atoms with E-state index in [4.69, 9.17) is 4.74 Å². The van der Waals surface area contributed by atoms with Gasteiger partial charge in [0.2, 0.25) is 5.78 Å². The molecule has 0 aliphatic heterocycles. The van der Waals surface area contributed by atoms with Gasteiger partial charge in [-0.25, -0.2) is 18.4 Å². The molecule has 25 heavy (non-hydrogen) atoms. The quantitative estimate of drug-likeness (QED) is 0.527. The summed E-state index contributed by atoms with van der Waals surface area (Å²) in [6.07, 6.45) is 4.13. The standard InChI is InChI=1S/C18H13F2N3O2/c1-25-14-5-2-12(3-6-14)8-17(23-11-21-10-22-23)18(24)15-7-4-13(19)9-16(15)20/h2-11H,1H3/b17-8+. The zero-order chi connectivity index (χ0) is 17.8. The molecule has 1 aromatic heterocycles. The highest BCUT2D eigenvalue weighted by Gasteiger charge is 2.19. The van der Waals surface area contributed by atoms with Crippen molar-refractivity contribution >= 4 is 17.6 Å². The Kier molecular flexibility index (Phi) is 4.65. The van der Waals surface area contributed by atoms with Crippen LogP contribution in [0.4, 0.5) is 8.78 Å². The number of ether oxygens (including phenoxy) is 1. The summed E-state index contributed by atoms with van der Waals surface area (Å²) < 4.78 is 33.4. The Balaban J connectivity index is 2.05. The molecule has 1 heterocycles. The third kappa shape index (κ3) is 3.60. The molecule has 0 saturated heterocycles. The van der Waals surface area contributed by atoms with E-state index in [1.165, 1.54) is 17.3 Å². The average Bonchev–Trinajstić information content (AvgIpc) is 3.14. The second-order valence-electron chi connectivity index (χ2n) is 5.10. The minimum atomic E-state index is -0.939. The lowest BCUT2D eigenvalue weighted by Gasteiger charge is -2.08. The van der Waals surface area contributed by atoms with E-state index in [1.807, 2.05) is 0 Å². The summed E-state index contributed by atoms with van der Waals surface area (Å²) in [4.78, 5) is 16.6. The largest absolute Gasteiger partial charge is 0.497 e. The van der Waals surface area contributed by atoms with Crippen molar-refractivity contribution in [3.05, 3.63) is 77.9 Å². The molecule has 7 heteroatoms. The van der Waals surface area contributed by atoms with Crippen LogP contribution in [0.2, 0.25) is 0 Å². The van der Waals surface area contributed by atoms with Crippen molar-refractivity contribution in [3.8, 4) is 5.75 Å². The van der Waals surface area contributed by atoms with Crippen LogP contribution in [0.3, 0.4) is 0 Å². The highest BCUT2D eigenvalue weighted by molar-refractivity contribution is 6.27. The molecular weight excluding hydrogens is 328 g/mol. The summed E-state index contributed by atoms with van der Waals surface area (Å²) in [7, 11) is 1.55. The first-order chi connectivity index (χ1) is 12.1. The normalized spacial score (nSPS) is 11.4. The van der Waals surface area contributed by atoms with E-state index in [1.54, 1.807) is 37.5 Å². The van der Waals surface area contributed by atoms with Gasteiger partial charge in [0.1, 0.15) is 35.7 Å². The predicted molar refractivity (Wildman–Crippen MR) is 87.9 cm³/mol. The molecule has 0 spiro atoms. The number of ketones is 1. The number of aromatic nitrogens is 3. The highest BCUT2D eigenvalue weighted by Crippen LogP contribution is 2.20. The van der Waals surface area contributed by atoms with Crippen molar-refractivity contribution in [3.63, 3.8) is 0 Å². The van der Waals surface area contributed by atoms with Gasteiger partial charge in [-0.15, -0.1) is 0 Å². The van der Waals surface area contributed by atoms with Crippen LogP contribution in [0.25, 0.3) is 11.8 Å². The second-order valence-corrected chi connectivity index (χ2v) is 5.10. The molecule has 0 N–H and O–H groups in total. The monoisotopic (exact) mass is 341 g/mol. The first-order valence-electron chi connectivity index (χ1n) is 7.29. The fourth-order valence-electron chi connectivity index (χ4n) is 2.24. The van der Waals surface area contributed by atoms with Gasteiger partial charge in [0, 0.05) is 6.07 Å². The number of benzene rings is 2. The van der Waals surface area contributed by atoms with Crippen molar-refractivity contribution in [2.75, 3.05) is 7.11 Å². The predicted octanol–water partition coefficient (Wildman–Crippen LogP) is 3.45. The van der Waals surface area contributed by atoms with E-state index < -0.39 is 17.4 Å². The highest BCUT2D eigenvalue weighted by atomic mass is 19.1. The Hall–Kier alpha value is -3.35. The molecule has 0 aliphatic carbocycles. The first kappa shape index (κ1) is 16.5. The molecule has 2 aromatic carbocycles. The minimum Gasteiger partial charge on any atom is -0.497 e. The third-order valence-corrected chi connectivity index (χ3v) is 3.49. The summed E-state index contributed by atoms with van der Waals surface area (Å²) in [5, 5.41) is 3.94. The van der Waals surface area contributed by atoms with Crippen LogP contribution in [0.1, 0.15) is 15.9 Å². The zero-order valence-corrected chi connectivity index (χ0v) is 13.2. The molecule has 126 valence electrons. The molecular formula is C18H13F2N3O2. The van der Waals surface area contributed by atoms with Crippen LogP contribution in [0.5, 0.6) is 5.75 Å². The lowest BCUT2D eigenvalue weighted by molar-refractivity contribution is 0.104. The van der Waals surface area contributed by atoms with E-state index in [2.05, 4.69) is 10.1 Å². The van der Waals surface area contributed by atoms with Crippen molar-refractivity contribution in [2.45, 2.75) is 0 Å². The van der Waals surface area contributed by atoms with Crippen molar-refractivity contribution in [2.24, 2.45) is 0 Å². The van der Waals surface area contributed by atoms with Gasteiger partial charge in [0.15, 0.2) is 0 Å². The minimum absolute atomic E-state index is 0.0770. The van der Waals surface area contributed by atoms with E-state index in [0.717, 1.165) is 12.1 Å². The number of carbonyl (C=O) groups is 1. The Bertz CT molecular complexity index is 920. The van der Waals surface area contributed by atoms with E-state index in [0.29, 0.717) is 17.4 Å². The molecule has 3 rings (SSSR count). The Morgan fingerprint density at radius 3 is 2.52 bits per heavy atom. The number of hydrogen-bond acceptors (Lipinski definition) is 4. The zero-order valence-electron chi connectivity index (χ0n) is 13.2. The van der Waals surface area contributed by atoms with Crippen molar-refractivity contribution in [1.82, 2.24) is 14.8 Å². The van der Waals surface area contributed by atoms with E-state index in [9.17, 15) is 13.6 Å². The Labute approximate surface area is 142 Å². The lowest BCUT2D eigenvalue weighted by Crippen LogP contribution is -2.12. The van der Waals surface area contributed by atoms with Gasteiger partial charge in [0.05, 0.1) is 12.7 Å². The topological polar surface area (TPSA) is 57.0 Å². The molecule has 5 nitrogen and oxygen atoms in total. The Morgan fingerprint density at radius 1 is 1.16 bits per heavy atom. The number of allylic oxidation sites excluding steroid dienone is 1. The van der Waals surface area contributed by atoms with E-state index in [-0.39, 0.29) is 11.3 Å². The number of rotatable bonds is 5. The summed E-state index contributed by atoms with van der Waals surface area (Å²) in [5.74, 6) is -1.67. The maximum Gasteiger partial charge on any atom is 0.214 e. The van der Waals surface area contributed by atoms with Crippen LogP contribution in [0, 0.1) is 11.6 Å². The van der Waals surface area contributed by atoms with Gasteiger partial charge in [0.25, 0.3) is 0 Å². The van der Waals surface area contributed by atoms with Gasteiger partial charge in [-0.1, -0.05) is 12.1 Å². The molecule has 0 fully saturated rings. The number of Topliss-reactive ketones (excluding diaryl/α,β-unsaturated/α-hetero) is 1. The smallest absolute Gasteiger partial charge is 0.214 e. The van der Waals surface area contributed by atoms with Gasteiger partial charge in [-0.3, -0.25) is 4.79 Å². The molecule has 0 atom stereocenters. The molecule has 0 unspecified atom stereocenters. The maximum absolute atomic E-state index is 14.0. The fourth-order valence-corrected chi connectivity index (χ4v) is 2.24. The summed E-state index contributed by atoms with van der Waals surface area (Å²) in [5.41, 5.74) is 0.506. The first-order valence-corrected chi connectivity index (χ1v) is 7.29. The Morgan fingerprint density at radius 2 is 1.92 bits per heavy atom. The van der Waals surface area contributed by atoms with Crippen LogP contribution < -0.4 is 4.74 Å². The van der Waals surface area contributed by atoms with Crippen molar-refractivity contribution < 1.29 is 18.3 Å². The molecule has 0 aliphatic rings. The SMILES string of the molecule is COc1ccc(/C=C(\C(=O)c2ccc(F)cc2F)n2cncn2)cc1. The van der Waals surface area contributed by atoms with Gasteiger partial charge >= 0.3 is 0 Å².